The summed E-state index contributed by atoms with van der Waals surface area (Å²) in [6, 6.07) is 16.1. The molecule has 0 saturated heterocycles. The first-order chi connectivity index (χ1) is 14.1. The highest BCUT2D eigenvalue weighted by Crippen LogP contribution is 2.27. The second-order valence-electron chi connectivity index (χ2n) is 5.86. The van der Waals surface area contributed by atoms with E-state index in [2.05, 4.69) is 33.6 Å². The van der Waals surface area contributed by atoms with Crippen LogP contribution in [-0.2, 0) is 6.42 Å². The van der Waals surface area contributed by atoms with Gasteiger partial charge in [-0.25, -0.2) is 0 Å². The summed E-state index contributed by atoms with van der Waals surface area (Å²) in [5.41, 5.74) is 6.89. The molecule has 4 N–H and O–H groups in total. The van der Waals surface area contributed by atoms with Crippen molar-refractivity contribution in [3.63, 3.8) is 0 Å². The first-order valence-corrected chi connectivity index (χ1v) is 10.9. The molecule has 156 valence electrons. The van der Waals surface area contributed by atoms with E-state index >= 15 is 0 Å². The summed E-state index contributed by atoms with van der Waals surface area (Å²) in [5.74, 6) is 2.35. The maximum Gasteiger partial charge on any atom is 0.185 e. The van der Waals surface area contributed by atoms with Gasteiger partial charge in [0.1, 0.15) is 0 Å². The van der Waals surface area contributed by atoms with Crippen LogP contribution in [0.25, 0.3) is 0 Å². The highest BCUT2D eigenvalue weighted by atomic mass is 32.2. The van der Waals surface area contributed by atoms with Crippen LogP contribution in [0.2, 0.25) is 0 Å². The molecule has 2 aromatic rings. The molecule has 9 heteroatoms. The molecule has 0 aliphatic heterocycles. The van der Waals surface area contributed by atoms with Gasteiger partial charge in [0.2, 0.25) is 0 Å². The SMILES string of the molecule is COc1ccc(CCNC(=S)NNC(=S)NCCSc2ccccc2)cc1OC. The number of thioether (sulfide) groups is 1. The van der Waals surface area contributed by atoms with Crippen LogP contribution in [0.5, 0.6) is 11.5 Å². The lowest BCUT2D eigenvalue weighted by atomic mass is 10.1. The third-order valence-corrected chi connectivity index (χ3v) is 5.34. The molecule has 0 spiro atoms. The molecule has 0 unspecified atom stereocenters. The minimum absolute atomic E-state index is 0.480. The Balaban J connectivity index is 1.57. The highest BCUT2D eigenvalue weighted by Gasteiger charge is 2.05. The number of rotatable bonds is 9. The number of hydrogen-bond acceptors (Lipinski definition) is 5. The number of methoxy groups -OCH3 is 2. The Morgan fingerprint density at radius 2 is 1.52 bits per heavy atom. The molecule has 0 fully saturated rings. The molecular formula is C20H26N4O2S3. The second kappa shape index (κ2) is 13.1. The van der Waals surface area contributed by atoms with E-state index in [1.807, 2.05) is 36.4 Å². The van der Waals surface area contributed by atoms with Crippen molar-refractivity contribution in [1.29, 1.82) is 0 Å². The van der Waals surface area contributed by atoms with E-state index in [1.54, 1.807) is 26.0 Å². The number of benzene rings is 2. The minimum atomic E-state index is 0.480. The minimum Gasteiger partial charge on any atom is -0.493 e. The van der Waals surface area contributed by atoms with Gasteiger partial charge in [-0.15, -0.1) is 11.8 Å². The van der Waals surface area contributed by atoms with Gasteiger partial charge in [-0.05, 0) is 60.7 Å². The number of hydrazine groups is 1. The molecule has 2 aromatic carbocycles. The molecular weight excluding hydrogens is 424 g/mol. The summed E-state index contributed by atoms with van der Waals surface area (Å²) in [4.78, 5) is 1.24. The summed E-state index contributed by atoms with van der Waals surface area (Å²) in [5, 5.41) is 7.26. The lowest BCUT2D eigenvalue weighted by molar-refractivity contribution is 0.354. The van der Waals surface area contributed by atoms with Crippen LogP contribution in [-0.4, -0.2) is 43.3 Å². The summed E-state index contributed by atoms with van der Waals surface area (Å²) >= 11 is 12.3. The Labute approximate surface area is 187 Å². The fourth-order valence-electron chi connectivity index (χ4n) is 2.41. The van der Waals surface area contributed by atoms with E-state index < -0.39 is 0 Å². The lowest BCUT2D eigenvalue weighted by Gasteiger charge is -2.14. The summed E-state index contributed by atoms with van der Waals surface area (Å²) in [6.07, 6.45) is 0.793. The largest absolute Gasteiger partial charge is 0.493 e. The van der Waals surface area contributed by atoms with Crippen molar-refractivity contribution >= 4 is 46.4 Å². The van der Waals surface area contributed by atoms with Crippen LogP contribution < -0.4 is 31.0 Å². The predicted octanol–water partition coefficient (Wildman–Crippen LogP) is 2.88. The van der Waals surface area contributed by atoms with Crippen molar-refractivity contribution in [1.82, 2.24) is 21.5 Å². The summed E-state index contributed by atoms with van der Waals surface area (Å²) in [6.45, 7) is 1.43. The van der Waals surface area contributed by atoms with Gasteiger partial charge < -0.3 is 20.1 Å². The smallest absolute Gasteiger partial charge is 0.185 e. The van der Waals surface area contributed by atoms with Gasteiger partial charge in [0, 0.05) is 23.7 Å². The highest BCUT2D eigenvalue weighted by molar-refractivity contribution is 7.99. The van der Waals surface area contributed by atoms with Crippen LogP contribution in [0.3, 0.4) is 0 Å². The standard InChI is InChI=1S/C20H26N4O2S3/c1-25-17-9-8-15(14-18(17)26-2)10-11-21-19(27)23-24-20(28)22-12-13-29-16-6-4-3-5-7-16/h3-9,14H,10-13H2,1-2H3,(H2,21,23,27)(H2,22,24,28). The Bertz CT molecular complexity index is 791. The maximum atomic E-state index is 5.32. The topological polar surface area (TPSA) is 66.6 Å². The molecule has 0 atom stereocenters. The zero-order chi connectivity index (χ0) is 20.9. The fraction of sp³-hybridized carbons (Fsp3) is 0.300. The van der Waals surface area contributed by atoms with Crippen LogP contribution in [0.15, 0.2) is 53.4 Å². The molecule has 0 heterocycles. The maximum absolute atomic E-state index is 5.32. The average Bonchev–Trinajstić information content (AvgIpc) is 2.76. The van der Waals surface area contributed by atoms with Gasteiger partial charge in [0.15, 0.2) is 21.7 Å². The van der Waals surface area contributed by atoms with Crippen molar-refractivity contribution in [2.75, 3.05) is 33.1 Å². The normalized spacial score (nSPS) is 10.0. The van der Waals surface area contributed by atoms with E-state index in [0.717, 1.165) is 24.3 Å². The molecule has 29 heavy (non-hydrogen) atoms. The van der Waals surface area contributed by atoms with Crippen molar-refractivity contribution < 1.29 is 9.47 Å². The van der Waals surface area contributed by atoms with Gasteiger partial charge in [-0.1, -0.05) is 24.3 Å². The van der Waals surface area contributed by atoms with Crippen LogP contribution in [0.4, 0.5) is 0 Å². The average molecular weight is 451 g/mol. The molecule has 0 aliphatic carbocycles. The first kappa shape index (κ1) is 23.1. The summed E-state index contributed by atoms with van der Waals surface area (Å²) in [7, 11) is 3.25. The van der Waals surface area contributed by atoms with E-state index in [1.165, 1.54) is 4.90 Å². The number of hydrogen-bond donors (Lipinski definition) is 4. The van der Waals surface area contributed by atoms with Gasteiger partial charge >= 0.3 is 0 Å². The van der Waals surface area contributed by atoms with E-state index in [9.17, 15) is 0 Å². The van der Waals surface area contributed by atoms with Crippen molar-refractivity contribution in [3.8, 4) is 11.5 Å². The van der Waals surface area contributed by atoms with Crippen molar-refractivity contribution in [2.45, 2.75) is 11.3 Å². The second-order valence-corrected chi connectivity index (χ2v) is 7.85. The first-order valence-electron chi connectivity index (χ1n) is 9.09. The van der Waals surface area contributed by atoms with Crippen molar-refractivity contribution in [3.05, 3.63) is 54.1 Å². The van der Waals surface area contributed by atoms with Gasteiger partial charge in [-0.3, -0.25) is 10.9 Å². The van der Waals surface area contributed by atoms with Crippen LogP contribution in [0.1, 0.15) is 5.56 Å². The number of thiocarbonyl (C=S) groups is 2. The van der Waals surface area contributed by atoms with Crippen LogP contribution in [0, 0.1) is 0 Å². The quantitative estimate of drug-likeness (QED) is 0.200. The molecule has 0 aliphatic rings. The molecule has 2 rings (SSSR count). The monoisotopic (exact) mass is 450 g/mol. The van der Waals surface area contributed by atoms with Gasteiger partial charge in [0.25, 0.3) is 0 Å². The zero-order valence-corrected chi connectivity index (χ0v) is 18.9. The van der Waals surface area contributed by atoms with Crippen LogP contribution >= 0.6 is 36.2 Å². The third-order valence-electron chi connectivity index (χ3n) is 3.84. The Kier molecular flexibility index (Phi) is 10.4. The molecule has 0 bridgehead atoms. The van der Waals surface area contributed by atoms with Gasteiger partial charge in [0.05, 0.1) is 14.2 Å². The predicted molar refractivity (Wildman–Crippen MR) is 128 cm³/mol. The lowest BCUT2D eigenvalue weighted by Crippen LogP contribution is -2.50. The molecule has 6 nitrogen and oxygen atoms in total. The molecule has 0 amide bonds. The number of nitrogens with one attached hydrogen (secondary N) is 4. The van der Waals surface area contributed by atoms with Gasteiger partial charge in [-0.2, -0.15) is 0 Å². The van der Waals surface area contributed by atoms with E-state index in [4.69, 9.17) is 33.9 Å². The molecule has 0 radical (unpaired) electrons. The Morgan fingerprint density at radius 1 is 0.862 bits per heavy atom. The third kappa shape index (κ3) is 8.76. The molecule has 0 saturated carbocycles. The Morgan fingerprint density at radius 3 is 2.17 bits per heavy atom. The number of ether oxygens (including phenoxy) is 2. The Hall–Kier alpha value is -2.23. The van der Waals surface area contributed by atoms with Crippen molar-refractivity contribution in [2.24, 2.45) is 0 Å². The van der Waals surface area contributed by atoms with E-state index in [-0.39, 0.29) is 0 Å². The van der Waals surface area contributed by atoms with E-state index in [0.29, 0.717) is 28.3 Å². The molecule has 0 aromatic heterocycles. The fourth-order valence-corrected chi connectivity index (χ4v) is 3.50. The summed E-state index contributed by atoms with van der Waals surface area (Å²) < 4.78 is 10.6. The zero-order valence-electron chi connectivity index (χ0n) is 16.5.